The van der Waals surface area contributed by atoms with E-state index in [1.807, 2.05) is 41.1 Å². The van der Waals surface area contributed by atoms with Crippen molar-refractivity contribution in [1.82, 2.24) is 10.3 Å². The van der Waals surface area contributed by atoms with Crippen molar-refractivity contribution in [2.24, 2.45) is 0 Å². The van der Waals surface area contributed by atoms with Crippen LogP contribution < -0.4 is 15.5 Å². The molecule has 3 heterocycles. The summed E-state index contributed by atoms with van der Waals surface area (Å²) in [5, 5.41) is 11.2. The maximum Gasteiger partial charge on any atom is 0.275 e. The highest BCUT2D eigenvalue weighted by atomic mass is 32.1. The number of carbonyl (C=O) groups excluding carboxylic acids is 1. The number of aromatic nitrogens is 1. The van der Waals surface area contributed by atoms with Gasteiger partial charge in [0, 0.05) is 25.0 Å². The van der Waals surface area contributed by atoms with Crippen molar-refractivity contribution in [2.75, 3.05) is 36.4 Å². The Bertz CT molecular complexity index is 867. The predicted molar refractivity (Wildman–Crippen MR) is 110 cm³/mol. The summed E-state index contributed by atoms with van der Waals surface area (Å²) in [5.74, 6) is -0.163. The first-order chi connectivity index (χ1) is 12.8. The van der Waals surface area contributed by atoms with Gasteiger partial charge in [0.05, 0.1) is 16.3 Å². The van der Waals surface area contributed by atoms with Crippen LogP contribution in [0.4, 0.5) is 11.4 Å². The summed E-state index contributed by atoms with van der Waals surface area (Å²) in [5.41, 5.74) is 2.37. The quantitative estimate of drug-likeness (QED) is 0.716. The Balaban J connectivity index is 1.53. The Morgan fingerprint density at radius 3 is 2.92 bits per heavy atom. The monoisotopic (exact) mass is 384 g/mol. The third-order valence-electron chi connectivity index (χ3n) is 4.30. The SMILES string of the molecule is O=C(Nc1ccccc1N1CCCNCC1)c1csc(-c2cccs2)n1. The Kier molecular flexibility index (Phi) is 5.29. The summed E-state index contributed by atoms with van der Waals surface area (Å²) >= 11 is 3.13. The smallest absolute Gasteiger partial charge is 0.275 e. The van der Waals surface area contributed by atoms with Crippen LogP contribution in [0.3, 0.4) is 0 Å². The van der Waals surface area contributed by atoms with Crippen LogP contribution in [0.25, 0.3) is 9.88 Å². The number of thiazole rings is 1. The van der Waals surface area contributed by atoms with Gasteiger partial charge in [-0.05, 0) is 36.5 Å². The molecular formula is C19H20N4OS2. The Labute approximate surface area is 160 Å². The second-order valence-corrected chi connectivity index (χ2v) is 7.88. The molecular weight excluding hydrogens is 364 g/mol. The second-order valence-electron chi connectivity index (χ2n) is 6.08. The lowest BCUT2D eigenvalue weighted by Crippen LogP contribution is -2.29. The molecule has 2 aromatic heterocycles. The predicted octanol–water partition coefficient (Wildman–Crippen LogP) is 3.92. The normalized spacial score (nSPS) is 14.8. The Hall–Kier alpha value is -2.22. The van der Waals surface area contributed by atoms with Gasteiger partial charge in [0.15, 0.2) is 0 Å². The largest absolute Gasteiger partial charge is 0.369 e. The number of anilines is 2. The van der Waals surface area contributed by atoms with E-state index in [0.717, 1.165) is 53.9 Å². The molecule has 1 saturated heterocycles. The molecule has 1 amide bonds. The maximum absolute atomic E-state index is 12.7. The van der Waals surface area contributed by atoms with Gasteiger partial charge >= 0.3 is 0 Å². The third kappa shape index (κ3) is 3.80. The number of para-hydroxylation sites is 2. The van der Waals surface area contributed by atoms with E-state index in [-0.39, 0.29) is 5.91 Å². The van der Waals surface area contributed by atoms with E-state index < -0.39 is 0 Å². The number of rotatable bonds is 4. The number of hydrogen-bond donors (Lipinski definition) is 2. The minimum Gasteiger partial charge on any atom is -0.369 e. The van der Waals surface area contributed by atoms with Gasteiger partial charge in [0.1, 0.15) is 10.7 Å². The summed E-state index contributed by atoms with van der Waals surface area (Å²) in [6.07, 6.45) is 1.10. The minimum absolute atomic E-state index is 0.163. The molecule has 1 aliphatic rings. The number of thiophene rings is 1. The van der Waals surface area contributed by atoms with Crippen molar-refractivity contribution in [3.05, 3.63) is 52.9 Å². The van der Waals surface area contributed by atoms with Gasteiger partial charge in [-0.25, -0.2) is 4.98 Å². The molecule has 2 N–H and O–H groups in total. The molecule has 0 saturated carbocycles. The van der Waals surface area contributed by atoms with Crippen LogP contribution in [0, 0.1) is 0 Å². The highest BCUT2D eigenvalue weighted by molar-refractivity contribution is 7.20. The average Bonchev–Trinajstić information content (AvgIpc) is 3.29. The highest BCUT2D eigenvalue weighted by Crippen LogP contribution is 2.29. The van der Waals surface area contributed by atoms with Crippen LogP contribution in [-0.4, -0.2) is 37.1 Å². The van der Waals surface area contributed by atoms with Crippen molar-refractivity contribution in [3.63, 3.8) is 0 Å². The first kappa shape index (κ1) is 17.2. The molecule has 7 heteroatoms. The zero-order valence-corrected chi connectivity index (χ0v) is 15.9. The molecule has 26 heavy (non-hydrogen) atoms. The summed E-state index contributed by atoms with van der Waals surface area (Å²) in [6, 6.07) is 12.0. The summed E-state index contributed by atoms with van der Waals surface area (Å²) < 4.78 is 0. The molecule has 0 bridgehead atoms. The summed E-state index contributed by atoms with van der Waals surface area (Å²) in [6.45, 7) is 3.92. The van der Waals surface area contributed by atoms with E-state index in [0.29, 0.717) is 5.69 Å². The highest BCUT2D eigenvalue weighted by Gasteiger charge is 2.17. The molecule has 134 valence electrons. The number of amides is 1. The molecule has 0 unspecified atom stereocenters. The Morgan fingerprint density at radius 2 is 2.04 bits per heavy atom. The first-order valence-electron chi connectivity index (χ1n) is 8.67. The molecule has 1 fully saturated rings. The van der Waals surface area contributed by atoms with Crippen LogP contribution >= 0.6 is 22.7 Å². The van der Waals surface area contributed by atoms with E-state index in [1.165, 1.54) is 11.3 Å². The second kappa shape index (κ2) is 7.99. The fourth-order valence-electron chi connectivity index (χ4n) is 3.02. The van der Waals surface area contributed by atoms with Gasteiger partial charge in [-0.2, -0.15) is 0 Å². The Morgan fingerprint density at radius 1 is 1.12 bits per heavy atom. The van der Waals surface area contributed by atoms with E-state index in [9.17, 15) is 4.79 Å². The third-order valence-corrected chi connectivity index (χ3v) is 6.18. The number of hydrogen-bond acceptors (Lipinski definition) is 6. The topological polar surface area (TPSA) is 57.3 Å². The lowest BCUT2D eigenvalue weighted by atomic mass is 10.2. The van der Waals surface area contributed by atoms with E-state index in [4.69, 9.17) is 0 Å². The lowest BCUT2D eigenvalue weighted by molar-refractivity contribution is 0.102. The lowest BCUT2D eigenvalue weighted by Gasteiger charge is -2.25. The molecule has 0 spiro atoms. The van der Waals surface area contributed by atoms with Crippen LogP contribution in [0.2, 0.25) is 0 Å². The van der Waals surface area contributed by atoms with Crippen LogP contribution in [0.15, 0.2) is 47.2 Å². The molecule has 3 aromatic rings. The van der Waals surface area contributed by atoms with Crippen molar-refractivity contribution in [1.29, 1.82) is 0 Å². The van der Waals surface area contributed by atoms with Crippen molar-refractivity contribution < 1.29 is 4.79 Å². The van der Waals surface area contributed by atoms with Crippen molar-refractivity contribution in [3.8, 4) is 9.88 Å². The van der Waals surface area contributed by atoms with Gasteiger partial charge in [-0.3, -0.25) is 4.79 Å². The number of nitrogens with one attached hydrogen (secondary N) is 2. The zero-order chi connectivity index (χ0) is 17.8. The molecule has 0 atom stereocenters. The first-order valence-corrected chi connectivity index (χ1v) is 10.4. The van der Waals surface area contributed by atoms with Crippen LogP contribution in [-0.2, 0) is 0 Å². The van der Waals surface area contributed by atoms with Crippen LogP contribution in [0.1, 0.15) is 16.9 Å². The summed E-state index contributed by atoms with van der Waals surface area (Å²) in [7, 11) is 0. The molecule has 0 aliphatic carbocycles. The van der Waals surface area contributed by atoms with Gasteiger partial charge in [-0.1, -0.05) is 18.2 Å². The van der Waals surface area contributed by atoms with Gasteiger partial charge in [0.25, 0.3) is 5.91 Å². The molecule has 0 radical (unpaired) electrons. The molecule has 1 aliphatic heterocycles. The van der Waals surface area contributed by atoms with Gasteiger partial charge in [-0.15, -0.1) is 22.7 Å². The number of nitrogens with zero attached hydrogens (tertiary/aromatic N) is 2. The standard InChI is InChI=1S/C19H20N4OS2/c24-18(15-13-26-19(22-15)17-7-3-12-25-17)21-14-5-1-2-6-16(14)23-10-4-8-20-9-11-23/h1-3,5-7,12-13,20H,4,8-11H2,(H,21,24). The van der Waals surface area contributed by atoms with Gasteiger partial charge < -0.3 is 15.5 Å². The average molecular weight is 385 g/mol. The fourth-order valence-corrected chi connectivity index (χ4v) is 4.63. The van der Waals surface area contributed by atoms with Crippen molar-refractivity contribution >= 4 is 40.0 Å². The molecule has 1 aromatic carbocycles. The van der Waals surface area contributed by atoms with E-state index >= 15 is 0 Å². The molecule has 5 nitrogen and oxygen atoms in total. The number of benzene rings is 1. The fraction of sp³-hybridized carbons (Fsp3) is 0.263. The molecule has 4 rings (SSSR count). The zero-order valence-electron chi connectivity index (χ0n) is 14.3. The van der Waals surface area contributed by atoms with Crippen molar-refractivity contribution in [2.45, 2.75) is 6.42 Å². The minimum atomic E-state index is -0.163. The number of carbonyl (C=O) groups is 1. The van der Waals surface area contributed by atoms with E-state index in [1.54, 1.807) is 11.3 Å². The van der Waals surface area contributed by atoms with Gasteiger partial charge in [0.2, 0.25) is 0 Å². The van der Waals surface area contributed by atoms with E-state index in [2.05, 4.69) is 26.6 Å². The summed E-state index contributed by atoms with van der Waals surface area (Å²) in [4.78, 5) is 20.6. The maximum atomic E-state index is 12.7. The van der Waals surface area contributed by atoms with Crippen LogP contribution in [0.5, 0.6) is 0 Å².